The molecule has 2 aromatic carbocycles. The van der Waals surface area contributed by atoms with E-state index in [0.717, 1.165) is 17.5 Å². The van der Waals surface area contributed by atoms with Crippen molar-refractivity contribution in [3.05, 3.63) is 59.2 Å². The minimum atomic E-state index is -2.81. The van der Waals surface area contributed by atoms with Crippen molar-refractivity contribution in [1.29, 1.82) is 0 Å². The van der Waals surface area contributed by atoms with Crippen LogP contribution in [0.4, 0.5) is 8.78 Å². The van der Waals surface area contributed by atoms with Crippen LogP contribution in [0, 0.1) is 5.92 Å². The molecule has 2 aliphatic carbocycles. The summed E-state index contributed by atoms with van der Waals surface area (Å²) in [4.78, 5) is 0. The number of methoxy groups -OCH3 is 1. The van der Waals surface area contributed by atoms with Gasteiger partial charge in [-0.25, -0.2) is 8.78 Å². The summed E-state index contributed by atoms with van der Waals surface area (Å²) in [5.41, 5.74) is 3.28. The summed E-state index contributed by atoms with van der Waals surface area (Å²) in [6.45, 7) is 10.1. The molecule has 3 aliphatic rings. The molecule has 5 rings (SSSR count). The van der Waals surface area contributed by atoms with Crippen LogP contribution in [0.3, 0.4) is 0 Å². The first-order chi connectivity index (χ1) is 15.5. The second-order valence-electron chi connectivity index (χ2n) is 8.31. The van der Waals surface area contributed by atoms with Crippen molar-refractivity contribution in [3.63, 3.8) is 0 Å². The molecule has 5 heteroatoms. The van der Waals surface area contributed by atoms with E-state index >= 15 is 0 Å². The second-order valence-corrected chi connectivity index (χ2v) is 8.31. The standard InChI is InChI=1S/C23H25F2NO2.2C2H6/c1-13(14-6-4-3-5-7-14)26-17-12-15-8-9-18(27-2)21-19(15)20-16(17)10-11-23(24,25)22(20)28-21;2*1-2/h3-9,13,16-17,20,22,26H,10-12H2,1-2H3;2*1-2H3/t13?,16?,17-,20?,22-;;/m0../s1. The highest BCUT2D eigenvalue weighted by Gasteiger charge is 2.60. The fourth-order valence-electron chi connectivity index (χ4n) is 5.45. The van der Waals surface area contributed by atoms with Crippen molar-refractivity contribution in [2.24, 2.45) is 5.92 Å². The first-order valence-electron chi connectivity index (χ1n) is 12.0. The van der Waals surface area contributed by atoms with Gasteiger partial charge in [0.25, 0.3) is 5.92 Å². The van der Waals surface area contributed by atoms with Gasteiger partial charge in [0.15, 0.2) is 17.6 Å². The van der Waals surface area contributed by atoms with Crippen molar-refractivity contribution in [2.45, 2.75) is 83.9 Å². The summed E-state index contributed by atoms with van der Waals surface area (Å²) in [7, 11) is 1.56. The van der Waals surface area contributed by atoms with E-state index < -0.39 is 12.0 Å². The smallest absolute Gasteiger partial charge is 0.284 e. The highest BCUT2D eigenvalue weighted by atomic mass is 19.3. The molecule has 1 aliphatic heterocycles. The zero-order valence-electron chi connectivity index (χ0n) is 20.1. The van der Waals surface area contributed by atoms with Gasteiger partial charge in [0, 0.05) is 30.0 Å². The lowest BCUT2D eigenvalue weighted by atomic mass is 9.64. The van der Waals surface area contributed by atoms with E-state index in [-0.39, 0.29) is 30.3 Å². The van der Waals surface area contributed by atoms with Crippen LogP contribution in [-0.2, 0) is 6.42 Å². The Kier molecular flexibility index (Phi) is 7.81. The van der Waals surface area contributed by atoms with Crippen LogP contribution in [0.15, 0.2) is 42.5 Å². The van der Waals surface area contributed by atoms with Crippen molar-refractivity contribution in [3.8, 4) is 11.5 Å². The Bertz CT molecular complexity index is 887. The Balaban J connectivity index is 0.000000686. The van der Waals surface area contributed by atoms with Crippen molar-refractivity contribution in [1.82, 2.24) is 5.32 Å². The number of hydrogen-bond donors (Lipinski definition) is 1. The first kappa shape index (κ1) is 24.5. The van der Waals surface area contributed by atoms with E-state index in [1.807, 2.05) is 58.0 Å². The number of benzene rings is 2. The fraction of sp³-hybridized carbons (Fsp3) is 0.556. The molecule has 176 valence electrons. The number of rotatable bonds is 4. The van der Waals surface area contributed by atoms with Gasteiger partial charge in [-0.15, -0.1) is 0 Å². The number of hydrogen-bond acceptors (Lipinski definition) is 3. The molecular weight excluding hydrogens is 408 g/mol. The van der Waals surface area contributed by atoms with E-state index in [1.54, 1.807) is 7.11 Å². The molecule has 0 spiro atoms. The summed E-state index contributed by atoms with van der Waals surface area (Å²) < 4.78 is 40.8. The third kappa shape index (κ3) is 4.24. The lowest BCUT2D eigenvalue weighted by molar-refractivity contribution is -0.135. The highest BCUT2D eigenvalue weighted by molar-refractivity contribution is 5.58. The van der Waals surface area contributed by atoms with Gasteiger partial charge in [-0.1, -0.05) is 64.1 Å². The van der Waals surface area contributed by atoms with Gasteiger partial charge in [0.05, 0.1) is 7.11 Å². The van der Waals surface area contributed by atoms with Crippen LogP contribution in [0.1, 0.15) is 76.1 Å². The summed E-state index contributed by atoms with van der Waals surface area (Å²) >= 11 is 0. The van der Waals surface area contributed by atoms with Gasteiger partial charge >= 0.3 is 0 Å². The third-order valence-corrected chi connectivity index (χ3v) is 6.78. The quantitative estimate of drug-likeness (QED) is 0.554. The Morgan fingerprint density at radius 1 is 1.06 bits per heavy atom. The van der Waals surface area contributed by atoms with E-state index in [1.165, 1.54) is 5.56 Å². The number of nitrogens with one attached hydrogen (secondary N) is 1. The van der Waals surface area contributed by atoms with E-state index in [2.05, 4.69) is 24.4 Å². The third-order valence-electron chi connectivity index (χ3n) is 6.78. The maximum atomic E-state index is 14.8. The van der Waals surface area contributed by atoms with Gasteiger partial charge in [-0.2, -0.15) is 0 Å². The zero-order chi connectivity index (χ0) is 23.5. The Morgan fingerprint density at radius 3 is 2.41 bits per heavy atom. The molecule has 0 bridgehead atoms. The molecule has 0 radical (unpaired) electrons. The minimum absolute atomic E-state index is 0.123. The summed E-state index contributed by atoms with van der Waals surface area (Å²) in [5, 5.41) is 3.74. The monoisotopic (exact) mass is 445 g/mol. The summed E-state index contributed by atoms with van der Waals surface area (Å²) in [6.07, 6.45) is 0.120. The molecule has 0 amide bonds. The second kappa shape index (κ2) is 10.2. The predicted octanol–water partition coefficient (Wildman–Crippen LogP) is 6.91. The van der Waals surface area contributed by atoms with Crippen LogP contribution >= 0.6 is 0 Å². The molecule has 0 saturated heterocycles. The maximum Gasteiger partial charge on any atom is 0.284 e. The first-order valence-corrected chi connectivity index (χ1v) is 12.0. The van der Waals surface area contributed by atoms with Gasteiger partial charge in [0.1, 0.15) is 0 Å². The van der Waals surface area contributed by atoms with Crippen LogP contribution in [0.25, 0.3) is 0 Å². The Morgan fingerprint density at radius 2 is 1.75 bits per heavy atom. The van der Waals surface area contributed by atoms with Crippen LogP contribution in [0.5, 0.6) is 11.5 Å². The maximum absolute atomic E-state index is 14.8. The van der Waals surface area contributed by atoms with Crippen LogP contribution < -0.4 is 14.8 Å². The Hall–Kier alpha value is -2.14. The number of halogens is 2. The van der Waals surface area contributed by atoms with Gasteiger partial charge < -0.3 is 14.8 Å². The van der Waals surface area contributed by atoms with Crippen LogP contribution in [-0.4, -0.2) is 25.2 Å². The molecule has 2 aromatic rings. The van der Waals surface area contributed by atoms with Gasteiger partial charge in [0.2, 0.25) is 0 Å². The minimum Gasteiger partial charge on any atom is -0.493 e. The average Bonchev–Trinajstić information content (AvgIpc) is 3.25. The Labute approximate surface area is 191 Å². The molecule has 1 fully saturated rings. The molecule has 0 aromatic heterocycles. The molecule has 1 N–H and O–H groups in total. The fourth-order valence-corrected chi connectivity index (χ4v) is 5.45. The molecule has 1 heterocycles. The van der Waals surface area contributed by atoms with Crippen molar-refractivity contribution < 1.29 is 18.3 Å². The molecule has 32 heavy (non-hydrogen) atoms. The molecular formula is C27H37F2NO2. The lowest BCUT2D eigenvalue weighted by Crippen LogP contribution is -2.54. The zero-order valence-corrected chi connectivity index (χ0v) is 20.1. The lowest BCUT2D eigenvalue weighted by Gasteiger charge is -2.45. The SMILES string of the molecule is CC.CC.COc1ccc2c3c1O[C@H]1C3C(CCC1(F)F)[C@@H](NC(C)c1ccccc1)C2. The van der Waals surface area contributed by atoms with E-state index in [9.17, 15) is 8.78 Å². The largest absolute Gasteiger partial charge is 0.493 e. The number of alkyl halides is 2. The normalized spacial score (nSPS) is 26.9. The molecule has 3 unspecified atom stereocenters. The van der Waals surface area contributed by atoms with Crippen molar-refractivity contribution >= 4 is 0 Å². The average molecular weight is 446 g/mol. The molecule has 1 saturated carbocycles. The topological polar surface area (TPSA) is 30.5 Å². The summed E-state index contributed by atoms with van der Waals surface area (Å²) in [5.74, 6) is -1.85. The van der Waals surface area contributed by atoms with Crippen molar-refractivity contribution in [2.75, 3.05) is 7.11 Å². The highest BCUT2D eigenvalue weighted by Crippen LogP contribution is 2.60. The predicted molar refractivity (Wildman–Crippen MR) is 126 cm³/mol. The summed E-state index contributed by atoms with van der Waals surface area (Å²) in [6, 6.07) is 14.5. The van der Waals surface area contributed by atoms with Gasteiger partial charge in [-0.3, -0.25) is 0 Å². The molecule has 5 atom stereocenters. The number of ether oxygens (including phenoxy) is 2. The van der Waals surface area contributed by atoms with Crippen LogP contribution in [0.2, 0.25) is 0 Å². The molecule has 3 nitrogen and oxygen atoms in total. The van der Waals surface area contributed by atoms with E-state index in [4.69, 9.17) is 9.47 Å². The van der Waals surface area contributed by atoms with Gasteiger partial charge in [-0.05, 0) is 42.9 Å². The van der Waals surface area contributed by atoms with E-state index in [0.29, 0.717) is 17.9 Å².